The summed E-state index contributed by atoms with van der Waals surface area (Å²) in [5.74, 6) is 4.55. The average Bonchev–Trinajstić information content (AvgIpc) is 2.26. The Bertz CT molecular complexity index is 404. The van der Waals surface area contributed by atoms with Gasteiger partial charge in [0.25, 0.3) is 0 Å². The van der Waals surface area contributed by atoms with Crippen molar-refractivity contribution in [2.75, 3.05) is 6.54 Å². The molecule has 0 spiro atoms. The largest absolute Gasteiger partial charge is 0.299 e. The van der Waals surface area contributed by atoms with Gasteiger partial charge in [0.2, 0.25) is 0 Å². The third kappa shape index (κ3) is 3.32. The van der Waals surface area contributed by atoms with Gasteiger partial charge in [-0.2, -0.15) is 0 Å². The zero-order valence-electron chi connectivity index (χ0n) is 9.48. The molecule has 1 aromatic rings. The molecule has 0 heterocycles. The molecule has 0 amide bonds. The second-order valence-corrected chi connectivity index (χ2v) is 3.43. The van der Waals surface area contributed by atoms with Crippen molar-refractivity contribution in [1.82, 2.24) is 5.32 Å². The van der Waals surface area contributed by atoms with Gasteiger partial charge >= 0.3 is 0 Å². The lowest BCUT2D eigenvalue weighted by Gasteiger charge is -2.16. The third-order valence-electron chi connectivity index (χ3n) is 2.36. The van der Waals surface area contributed by atoms with E-state index < -0.39 is 11.6 Å². The van der Waals surface area contributed by atoms with Gasteiger partial charge < -0.3 is 0 Å². The Kier molecular flexibility index (Phi) is 4.94. The molecule has 0 aliphatic heterocycles. The molecule has 0 saturated carbocycles. The van der Waals surface area contributed by atoms with E-state index in [1.54, 1.807) is 6.92 Å². The molecule has 0 fully saturated rings. The number of hydrogen-bond donors (Lipinski definition) is 1. The van der Waals surface area contributed by atoms with Crippen molar-refractivity contribution in [3.63, 3.8) is 0 Å². The van der Waals surface area contributed by atoms with Crippen LogP contribution in [0.25, 0.3) is 0 Å². The first-order valence-corrected chi connectivity index (χ1v) is 5.27. The van der Waals surface area contributed by atoms with E-state index in [2.05, 4.69) is 17.2 Å². The number of benzene rings is 1. The Morgan fingerprint density at radius 2 is 2.12 bits per heavy atom. The summed E-state index contributed by atoms with van der Waals surface area (Å²) in [6, 6.07) is 3.53. The van der Waals surface area contributed by atoms with Gasteiger partial charge in [-0.05, 0) is 19.4 Å². The summed E-state index contributed by atoms with van der Waals surface area (Å²) in [5.41, 5.74) is 0.488. The van der Waals surface area contributed by atoms with Crippen molar-refractivity contribution in [3.8, 4) is 11.8 Å². The van der Waals surface area contributed by atoms with Crippen molar-refractivity contribution in [2.45, 2.75) is 26.3 Å². The van der Waals surface area contributed by atoms with Crippen LogP contribution in [-0.2, 0) is 0 Å². The predicted molar refractivity (Wildman–Crippen MR) is 60.8 cm³/mol. The summed E-state index contributed by atoms with van der Waals surface area (Å²) in [7, 11) is 0. The van der Waals surface area contributed by atoms with Gasteiger partial charge in [-0.25, -0.2) is 8.78 Å². The van der Waals surface area contributed by atoms with Crippen LogP contribution < -0.4 is 5.32 Å². The Hall–Kier alpha value is -1.40. The average molecular weight is 223 g/mol. The number of rotatable bonds is 4. The maximum Gasteiger partial charge on any atom is 0.130 e. The second-order valence-electron chi connectivity index (χ2n) is 3.43. The predicted octanol–water partition coefficient (Wildman–Crippen LogP) is 3.03. The molecule has 1 N–H and O–H groups in total. The second kappa shape index (κ2) is 6.24. The molecule has 1 atom stereocenters. The van der Waals surface area contributed by atoms with E-state index >= 15 is 0 Å². The van der Waals surface area contributed by atoms with E-state index in [9.17, 15) is 8.78 Å². The molecule has 1 rings (SSSR count). The quantitative estimate of drug-likeness (QED) is 0.774. The fourth-order valence-electron chi connectivity index (χ4n) is 1.52. The number of halogens is 2. The molecule has 86 valence electrons. The zero-order chi connectivity index (χ0) is 12.0. The summed E-state index contributed by atoms with van der Waals surface area (Å²) < 4.78 is 26.2. The van der Waals surface area contributed by atoms with Crippen LogP contribution in [0.3, 0.4) is 0 Å². The smallest absolute Gasteiger partial charge is 0.130 e. The lowest BCUT2D eigenvalue weighted by atomic mass is 10.0. The standard InChI is InChI=1S/C13H15F2N/c1-3-5-8-16-13(4-2)11-7-6-10(14)9-12(11)15/h6-7,9,13,16H,4,8H2,1-2H3. The molecular formula is C13H15F2N. The van der Waals surface area contributed by atoms with Crippen LogP contribution in [0.4, 0.5) is 8.78 Å². The van der Waals surface area contributed by atoms with Crippen molar-refractivity contribution in [2.24, 2.45) is 0 Å². The molecule has 1 unspecified atom stereocenters. The highest BCUT2D eigenvalue weighted by Gasteiger charge is 2.13. The molecule has 1 aromatic carbocycles. The first-order valence-electron chi connectivity index (χ1n) is 5.27. The van der Waals surface area contributed by atoms with Crippen LogP contribution in [0.2, 0.25) is 0 Å². The lowest BCUT2D eigenvalue weighted by molar-refractivity contribution is 0.504. The van der Waals surface area contributed by atoms with Gasteiger partial charge in [0.1, 0.15) is 11.6 Å². The Morgan fingerprint density at radius 3 is 2.69 bits per heavy atom. The first kappa shape index (κ1) is 12.7. The Balaban J connectivity index is 2.80. The molecule has 1 nitrogen and oxygen atoms in total. The first-order chi connectivity index (χ1) is 7.69. The van der Waals surface area contributed by atoms with E-state index in [-0.39, 0.29) is 6.04 Å². The van der Waals surface area contributed by atoms with E-state index in [1.807, 2.05) is 6.92 Å². The molecule has 0 bridgehead atoms. The molecule has 16 heavy (non-hydrogen) atoms. The van der Waals surface area contributed by atoms with Crippen molar-refractivity contribution in [3.05, 3.63) is 35.4 Å². The van der Waals surface area contributed by atoms with Crippen LogP contribution in [-0.4, -0.2) is 6.54 Å². The van der Waals surface area contributed by atoms with E-state index in [0.29, 0.717) is 12.1 Å². The third-order valence-corrected chi connectivity index (χ3v) is 2.36. The van der Waals surface area contributed by atoms with Crippen LogP contribution >= 0.6 is 0 Å². The SMILES string of the molecule is CC#CCNC(CC)c1ccc(F)cc1F. The Morgan fingerprint density at radius 1 is 1.38 bits per heavy atom. The molecule has 0 aromatic heterocycles. The zero-order valence-corrected chi connectivity index (χ0v) is 9.48. The molecule has 0 radical (unpaired) electrons. The number of nitrogens with one attached hydrogen (secondary N) is 1. The van der Waals surface area contributed by atoms with Gasteiger partial charge in [-0.15, -0.1) is 5.92 Å². The van der Waals surface area contributed by atoms with Crippen LogP contribution in [0.1, 0.15) is 31.9 Å². The summed E-state index contributed by atoms with van der Waals surface area (Å²) in [5, 5.41) is 3.11. The summed E-state index contributed by atoms with van der Waals surface area (Å²) in [6.07, 6.45) is 0.730. The van der Waals surface area contributed by atoms with Gasteiger partial charge in [-0.1, -0.05) is 18.9 Å². The maximum absolute atomic E-state index is 13.5. The normalized spacial score (nSPS) is 11.8. The lowest BCUT2D eigenvalue weighted by Crippen LogP contribution is -2.22. The number of hydrogen-bond acceptors (Lipinski definition) is 1. The maximum atomic E-state index is 13.5. The minimum absolute atomic E-state index is 0.124. The molecule has 3 heteroatoms. The van der Waals surface area contributed by atoms with Gasteiger partial charge in [-0.3, -0.25) is 5.32 Å². The highest BCUT2D eigenvalue weighted by Crippen LogP contribution is 2.20. The minimum Gasteiger partial charge on any atom is -0.299 e. The summed E-state index contributed by atoms with van der Waals surface area (Å²) in [6.45, 7) is 4.20. The van der Waals surface area contributed by atoms with Crippen molar-refractivity contribution >= 4 is 0 Å². The van der Waals surface area contributed by atoms with Gasteiger partial charge in [0, 0.05) is 17.7 Å². The van der Waals surface area contributed by atoms with Gasteiger partial charge in [0.05, 0.1) is 6.54 Å². The summed E-state index contributed by atoms with van der Waals surface area (Å²) >= 11 is 0. The minimum atomic E-state index is -0.551. The monoisotopic (exact) mass is 223 g/mol. The molecule has 0 aliphatic carbocycles. The Labute approximate surface area is 94.9 Å². The van der Waals surface area contributed by atoms with E-state index in [0.717, 1.165) is 12.5 Å². The van der Waals surface area contributed by atoms with Crippen LogP contribution in [0.5, 0.6) is 0 Å². The topological polar surface area (TPSA) is 12.0 Å². The van der Waals surface area contributed by atoms with Gasteiger partial charge in [0.15, 0.2) is 0 Å². The van der Waals surface area contributed by atoms with Crippen LogP contribution in [0, 0.1) is 23.5 Å². The fourth-order valence-corrected chi connectivity index (χ4v) is 1.52. The summed E-state index contributed by atoms with van der Waals surface area (Å²) in [4.78, 5) is 0. The fraction of sp³-hybridized carbons (Fsp3) is 0.385. The van der Waals surface area contributed by atoms with E-state index in [4.69, 9.17) is 0 Å². The highest BCUT2D eigenvalue weighted by molar-refractivity contribution is 5.22. The molecular weight excluding hydrogens is 208 g/mol. The van der Waals surface area contributed by atoms with Crippen molar-refractivity contribution in [1.29, 1.82) is 0 Å². The van der Waals surface area contributed by atoms with E-state index in [1.165, 1.54) is 12.1 Å². The van der Waals surface area contributed by atoms with Crippen molar-refractivity contribution < 1.29 is 8.78 Å². The highest BCUT2D eigenvalue weighted by atomic mass is 19.1. The van der Waals surface area contributed by atoms with Crippen LogP contribution in [0.15, 0.2) is 18.2 Å². The molecule has 0 aliphatic rings. The molecule has 0 saturated heterocycles.